The number of esters is 1. The normalized spacial score (nSPS) is 13.6. The van der Waals surface area contributed by atoms with Gasteiger partial charge in [-0.15, -0.1) is 0 Å². The summed E-state index contributed by atoms with van der Waals surface area (Å²) in [7, 11) is 0. The number of alkyl halides is 3. The largest absolute Gasteiger partial charge is 0.462 e. The number of aliphatic hydroxyl groups is 1. The van der Waals surface area contributed by atoms with E-state index >= 15 is 0 Å². The minimum absolute atomic E-state index is 0.0369. The van der Waals surface area contributed by atoms with Crippen molar-refractivity contribution in [2.45, 2.75) is 42.5 Å². The Bertz CT molecular complexity index is 212. The molecule has 1 atom stereocenters. The molecular formula is C10H17F2IO3. The lowest BCUT2D eigenvalue weighted by molar-refractivity contribution is -0.172. The zero-order chi connectivity index (χ0) is 12.6. The molecule has 6 heteroatoms. The maximum Gasteiger partial charge on any atom is 0.377 e. The van der Waals surface area contributed by atoms with Gasteiger partial charge >= 0.3 is 11.9 Å². The summed E-state index contributed by atoms with van der Waals surface area (Å²) in [5, 5.41) is 8.55. The van der Waals surface area contributed by atoms with Crippen LogP contribution in [0.15, 0.2) is 0 Å². The van der Waals surface area contributed by atoms with Crippen molar-refractivity contribution in [3.05, 3.63) is 0 Å². The smallest absolute Gasteiger partial charge is 0.377 e. The van der Waals surface area contributed by atoms with Gasteiger partial charge in [-0.1, -0.05) is 29.0 Å². The first kappa shape index (κ1) is 16.0. The molecule has 0 spiro atoms. The van der Waals surface area contributed by atoms with E-state index in [4.69, 9.17) is 5.11 Å². The SMILES string of the molecule is CCOC(=O)C(F)(F)CC(I)CCCCO. The molecule has 0 amide bonds. The van der Waals surface area contributed by atoms with Gasteiger partial charge in [0.2, 0.25) is 0 Å². The lowest BCUT2D eigenvalue weighted by Gasteiger charge is -2.17. The van der Waals surface area contributed by atoms with Crippen molar-refractivity contribution in [1.29, 1.82) is 0 Å². The molecule has 0 aliphatic carbocycles. The first-order valence-corrected chi connectivity index (χ1v) is 6.48. The third-order valence-corrected chi connectivity index (χ3v) is 3.04. The van der Waals surface area contributed by atoms with Crippen molar-refractivity contribution >= 4 is 28.6 Å². The van der Waals surface area contributed by atoms with Gasteiger partial charge in [-0.2, -0.15) is 8.78 Å². The van der Waals surface area contributed by atoms with E-state index in [9.17, 15) is 13.6 Å². The highest BCUT2D eigenvalue weighted by Gasteiger charge is 2.41. The molecule has 96 valence electrons. The molecule has 0 fully saturated rings. The van der Waals surface area contributed by atoms with Crippen LogP contribution in [0.1, 0.15) is 32.6 Å². The molecule has 3 nitrogen and oxygen atoms in total. The van der Waals surface area contributed by atoms with Gasteiger partial charge in [0.05, 0.1) is 6.61 Å². The van der Waals surface area contributed by atoms with Gasteiger partial charge in [-0.3, -0.25) is 0 Å². The Hall–Kier alpha value is 0.0200. The highest BCUT2D eigenvalue weighted by atomic mass is 127. The highest BCUT2D eigenvalue weighted by Crippen LogP contribution is 2.28. The molecule has 0 aliphatic rings. The van der Waals surface area contributed by atoms with Crippen molar-refractivity contribution in [2.75, 3.05) is 13.2 Å². The summed E-state index contributed by atoms with van der Waals surface area (Å²) in [6, 6.07) is 0. The lowest BCUT2D eigenvalue weighted by Crippen LogP contribution is -2.33. The van der Waals surface area contributed by atoms with Gasteiger partial charge in [0, 0.05) is 17.0 Å². The van der Waals surface area contributed by atoms with E-state index in [1.165, 1.54) is 6.92 Å². The lowest BCUT2D eigenvalue weighted by atomic mass is 10.1. The number of hydrogen-bond acceptors (Lipinski definition) is 3. The van der Waals surface area contributed by atoms with Gasteiger partial charge in [0.25, 0.3) is 0 Å². The van der Waals surface area contributed by atoms with E-state index in [2.05, 4.69) is 4.74 Å². The maximum atomic E-state index is 13.2. The molecular weight excluding hydrogens is 333 g/mol. The van der Waals surface area contributed by atoms with Crippen LogP contribution in [-0.4, -0.2) is 34.1 Å². The fourth-order valence-corrected chi connectivity index (χ4v) is 2.17. The van der Waals surface area contributed by atoms with E-state index in [1.54, 1.807) is 0 Å². The Morgan fingerprint density at radius 2 is 2.12 bits per heavy atom. The van der Waals surface area contributed by atoms with Crippen LogP contribution in [0.25, 0.3) is 0 Å². The van der Waals surface area contributed by atoms with Gasteiger partial charge in [0.15, 0.2) is 0 Å². The summed E-state index contributed by atoms with van der Waals surface area (Å²) in [5.74, 6) is -4.85. The molecule has 0 bridgehead atoms. The molecule has 0 aromatic carbocycles. The quantitative estimate of drug-likeness (QED) is 0.317. The molecule has 0 heterocycles. The van der Waals surface area contributed by atoms with Crippen LogP contribution < -0.4 is 0 Å². The molecule has 1 unspecified atom stereocenters. The molecule has 1 N–H and O–H groups in total. The van der Waals surface area contributed by atoms with Crippen LogP contribution in [0.4, 0.5) is 8.78 Å². The van der Waals surface area contributed by atoms with E-state index < -0.39 is 18.3 Å². The van der Waals surface area contributed by atoms with Gasteiger partial charge in [-0.25, -0.2) is 4.79 Å². The number of ether oxygens (including phenoxy) is 1. The van der Waals surface area contributed by atoms with Crippen LogP contribution in [0, 0.1) is 0 Å². The molecule has 0 saturated carbocycles. The minimum atomic E-state index is -3.40. The highest BCUT2D eigenvalue weighted by molar-refractivity contribution is 14.1. The van der Waals surface area contributed by atoms with E-state index in [1.807, 2.05) is 22.6 Å². The Kier molecular flexibility index (Phi) is 8.17. The number of rotatable bonds is 8. The fourth-order valence-electron chi connectivity index (χ4n) is 1.18. The average molecular weight is 350 g/mol. The number of aliphatic hydroxyl groups excluding tert-OH is 1. The number of carbonyl (C=O) groups is 1. The first-order valence-electron chi connectivity index (χ1n) is 5.24. The zero-order valence-corrected chi connectivity index (χ0v) is 11.4. The summed E-state index contributed by atoms with van der Waals surface area (Å²) in [5.41, 5.74) is 0. The van der Waals surface area contributed by atoms with Crippen LogP contribution in [0.3, 0.4) is 0 Å². The topological polar surface area (TPSA) is 46.5 Å². The first-order chi connectivity index (χ1) is 7.44. The standard InChI is InChI=1S/C10H17F2IO3/c1-2-16-9(15)10(11,12)7-8(13)5-3-4-6-14/h8,14H,2-7H2,1H3. The van der Waals surface area contributed by atoms with E-state index in [-0.39, 0.29) is 17.1 Å². The summed E-state index contributed by atoms with van der Waals surface area (Å²) in [6.45, 7) is 1.53. The zero-order valence-electron chi connectivity index (χ0n) is 9.22. The van der Waals surface area contributed by atoms with Gasteiger partial charge in [-0.05, 0) is 19.8 Å². The van der Waals surface area contributed by atoms with Crippen molar-refractivity contribution in [3.63, 3.8) is 0 Å². The molecule has 0 radical (unpaired) electrons. The van der Waals surface area contributed by atoms with E-state index in [0.29, 0.717) is 19.3 Å². The Morgan fingerprint density at radius 1 is 1.50 bits per heavy atom. The Morgan fingerprint density at radius 3 is 2.62 bits per heavy atom. The molecule has 0 aromatic heterocycles. The van der Waals surface area contributed by atoms with E-state index in [0.717, 1.165) is 0 Å². The molecule has 16 heavy (non-hydrogen) atoms. The second kappa shape index (κ2) is 8.16. The predicted molar refractivity (Wildman–Crippen MR) is 64.9 cm³/mol. The Labute approximate surface area is 108 Å². The van der Waals surface area contributed by atoms with Crippen LogP contribution >= 0.6 is 22.6 Å². The summed E-state index contributed by atoms with van der Waals surface area (Å²) in [4.78, 5) is 10.9. The minimum Gasteiger partial charge on any atom is -0.462 e. The molecule has 0 rings (SSSR count). The number of hydrogen-bond donors (Lipinski definition) is 1. The number of halogens is 3. The van der Waals surface area contributed by atoms with Crippen molar-refractivity contribution in [3.8, 4) is 0 Å². The van der Waals surface area contributed by atoms with Crippen LogP contribution in [-0.2, 0) is 9.53 Å². The monoisotopic (exact) mass is 350 g/mol. The van der Waals surface area contributed by atoms with Crippen molar-refractivity contribution in [2.24, 2.45) is 0 Å². The average Bonchev–Trinajstić information content (AvgIpc) is 2.17. The second-order valence-corrected chi connectivity index (χ2v) is 5.21. The number of unbranched alkanes of at least 4 members (excludes halogenated alkanes) is 1. The van der Waals surface area contributed by atoms with Gasteiger partial charge in [0.1, 0.15) is 0 Å². The fraction of sp³-hybridized carbons (Fsp3) is 0.900. The summed E-state index contributed by atoms with van der Waals surface area (Å²) in [6.07, 6.45) is 1.35. The van der Waals surface area contributed by atoms with Crippen molar-refractivity contribution < 1.29 is 23.4 Å². The molecule has 0 aromatic rings. The third-order valence-electron chi connectivity index (χ3n) is 1.98. The van der Waals surface area contributed by atoms with Crippen LogP contribution in [0.2, 0.25) is 0 Å². The predicted octanol–water partition coefficient (Wildman–Crippen LogP) is 2.54. The number of carbonyl (C=O) groups excluding carboxylic acids is 1. The Balaban J connectivity index is 3.98. The summed E-state index contributed by atoms with van der Waals surface area (Å²) < 4.78 is 30.5. The van der Waals surface area contributed by atoms with Gasteiger partial charge < -0.3 is 9.84 Å². The van der Waals surface area contributed by atoms with Crippen LogP contribution in [0.5, 0.6) is 0 Å². The second-order valence-electron chi connectivity index (χ2n) is 3.45. The molecule has 0 saturated heterocycles. The summed E-state index contributed by atoms with van der Waals surface area (Å²) >= 11 is 1.90. The maximum absolute atomic E-state index is 13.2. The van der Waals surface area contributed by atoms with Crippen molar-refractivity contribution in [1.82, 2.24) is 0 Å². The molecule has 0 aliphatic heterocycles. The third kappa shape index (κ3) is 6.57.